The number of fused-ring (bicyclic) bond motifs is 1. The predicted octanol–water partition coefficient (Wildman–Crippen LogP) is 13.7. The van der Waals surface area contributed by atoms with Crippen LogP contribution >= 0.6 is 0 Å². The van der Waals surface area contributed by atoms with Crippen molar-refractivity contribution in [1.29, 1.82) is 0 Å². The number of nitrogens with zero attached hydrogens (tertiary/aromatic N) is 3. The molecule has 9 rings (SSSR count). The molecule has 5 heteroatoms. The topological polar surface area (TPSA) is 50.9 Å². The first-order chi connectivity index (χ1) is 27.9. The first kappa shape index (κ1) is 38.5. The summed E-state index contributed by atoms with van der Waals surface area (Å²) in [6, 6.07) is 64.9. The van der Waals surface area contributed by atoms with E-state index in [1.807, 2.05) is 36.5 Å². The largest absolute Gasteiger partial charge is 0.507 e. The van der Waals surface area contributed by atoms with Crippen molar-refractivity contribution in [3.05, 3.63) is 199 Å². The minimum Gasteiger partial charge on any atom is -0.507 e. The number of rotatable bonds is 9. The maximum absolute atomic E-state index is 11.1. The molecule has 0 spiro atoms. The second-order valence-electron chi connectivity index (χ2n) is 14.9. The second-order valence-corrected chi connectivity index (χ2v) is 14.9. The minimum absolute atomic E-state index is 0. The average molecular weight is 932 g/mol. The van der Waals surface area contributed by atoms with Crippen LogP contribution in [0.4, 0.5) is 0 Å². The molecule has 0 amide bonds. The fraction of sp³-hybridized carbons (Fsp3) is 0.0943. The average Bonchev–Trinajstić information content (AvgIpc) is 3.66. The molecule has 1 N–H and O–H groups in total. The van der Waals surface area contributed by atoms with Gasteiger partial charge in [0.1, 0.15) is 11.6 Å². The van der Waals surface area contributed by atoms with Crippen molar-refractivity contribution in [2.24, 2.45) is 0 Å². The Bertz CT molecular complexity index is 2830. The third-order valence-corrected chi connectivity index (χ3v) is 10.9. The van der Waals surface area contributed by atoms with Crippen LogP contribution in [0.3, 0.4) is 0 Å². The van der Waals surface area contributed by atoms with Crippen LogP contribution in [0.25, 0.3) is 78.2 Å². The first-order valence-corrected chi connectivity index (χ1v) is 19.6. The van der Waals surface area contributed by atoms with E-state index >= 15 is 0 Å². The van der Waals surface area contributed by atoms with E-state index in [0.29, 0.717) is 11.5 Å². The fourth-order valence-electron chi connectivity index (χ4n) is 7.88. The molecule has 0 aliphatic heterocycles. The number of hydrogen-bond donors (Lipinski definition) is 1. The van der Waals surface area contributed by atoms with Gasteiger partial charge in [-0.1, -0.05) is 163 Å². The van der Waals surface area contributed by atoms with Gasteiger partial charge in [0.15, 0.2) is 0 Å². The Hall–Kier alpha value is -6.35. The van der Waals surface area contributed by atoms with Crippen molar-refractivity contribution in [2.75, 3.05) is 0 Å². The Balaban J connectivity index is 0.00000469. The molecular weight excluding hydrogens is 890 g/mol. The number of pyridine rings is 1. The molecule has 9 aromatic rings. The summed E-state index contributed by atoms with van der Waals surface area (Å²) in [6.45, 7) is 6.58. The van der Waals surface area contributed by atoms with Crippen molar-refractivity contribution in [3.8, 4) is 72.9 Å². The fourth-order valence-corrected chi connectivity index (χ4v) is 7.88. The summed E-state index contributed by atoms with van der Waals surface area (Å²) in [5.41, 5.74) is 15.3. The number of imidazole rings is 1. The van der Waals surface area contributed by atoms with Crippen LogP contribution in [0.1, 0.15) is 43.9 Å². The third kappa shape index (κ3) is 7.56. The first-order valence-electron chi connectivity index (χ1n) is 19.6. The van der Waals surface area contributed by atoms with E-state index in [0.717, 1.165) is 72.6 Å². The van der Waals surface area contributed by atoms with E-state index in [1.165, 1.54) is 11.1 Å². The third-order valence-electron chi connectivity index (χ3n) is 10.9. The zero-order valence-corrected chi connectivity index (χ0v) is 34.9. The summed E-state index contributed by atoms with van der Waals surface area (Å²) >= 11 is 0. The van der Waals surface area contributed by atoms with Crippen molar-refractivity contribution in [1.82, 2.24) is 14.5 Å². The number of phenols is 1. The molecule has 7 aromatic carbocycles. The van der Waals surface area contributed by atoms with Crippen LogP contribution in [0, 0.1) is 6.07 Å². The summed E-state index contributed by atoms with van der Waals surface area (Å²) in [6.07, 6.45) is 1.89. The standard InChI is InChI=1S/C53H42N3O.Pt/c1-35(2)56-50-34-44(40-19-11-6-12-20-40)32-48(52(50)55-53(56)47-21-13-14-22-51(47)57)45-29-43(39-17-9-5-10-18-39)30-46(31-45)49-33-42(27-28-54-49)41-25-23-38(24-26-41)36(3)37-15-7-4-8-16-37;/h4-30,32-36,57H,1-3H3;/q-1;. The van der Waals surface area contributed by atoms with Crippen molar-refractivity contribution in [3.63, 3.8) is 0 Å². The Morgan fingerprint density at radius 2 is 1.09 bits per heavy atom. The summed E-state index contributed by atoms with van der Waals surface area (Å²) in [7, 11) is 0. The van der Waals surface area contributed by atoms with Gasteiger partial charge in [-0.25, -0.2) is 4.98 Å². The zero-order chi connectivity index (χ0) is 38.9. The number of aromatic hydroxyl groups is 1. The summed E-state index contributed by atoms with van der Waals surface area (Å²) in [4.78, 5) is 10.3. The number of phenolic OH excluding ortho intramolecular Hbond substituents is 1. The van der Waals surface area contributed by atoms with Crippen LogP contribution < -0.4 is 0 Å². The number of aromatic nitrogens is 3. The van der Waals surface area contributed by atoms with Crippen molar-refractivity contribution < 1.29 is 26.2 Å². The Morgan fingerprint density at radius 1 is 0.517 bits per heavy atom. The van der Waals surface area contributed by atoms with E-state index in [1.54, 1.807) is 6.07 Å². The van der Waals surface area contributed by atoms with Gasteiger partial charge in [-0.05, 0) is 77.1 Å². The van der Waals surface area contributed by atoms with Gasteiger partial charge >= 0.3 is 0 Å². The summed E-state index contributed by atoms with van der Waals surface area (Å²) in [5, 5.41) is 11.1. The van der Waals surface area contributed by atoms with E-state index in [2.05, 4.69) is 171 Å². The normalized spacial score (nSPS) is 11.7. The Morgan fingerprint density at radius 3 is 1.74 bits per heavy atom. The van der Waals surface area contributed by atoms with Gasteiger partial charge < -0.3 is 9.67 Å². The molecule has 0 saturated heterocycles. The summed E-state index contributed by atoms with van der Waals surface area (Å²) < 4.78 is 2.24. The Kier molecular flexibility index (Phi) is 11.0. The van der Waals surface area contributed by atoms with Gasteiger partial charge in [0.2, 0.25) is 0 Å². The van der Waals surface area contributed by atoms with Crippen LogP contribution in [-0.2, 0) is 21.1 Å². The molecule has 4 nitrogen and oxygen atoms in total. The van der Waals surface area contributed by atoms with Crippen LogP contribution in [0.5, 0.6) is 5.75 Å². The van der Waals surface area contributed by atoms with Gasteiger partial charge in [0, 0.05) is 44.9 Å². The Labute approximate surface area is 354 Å². The number of hydrogen-bond acceptors (Lipinski definition) is 3. The predicted molar refractivity (Wildman–Crippen MR) is 235 cm³/mol. The number of benzene rings is 7. The molecule has 2 aromatic heterocycles. The quantitative estimate of drug-likeness (QED) is 0.147. The van der Waals surface area contributed by atoms with Gasteiger partial charge in [-0.2, -0.15) is 0 Å². The molecule has 286 valence electrons. The molecule has 0 radical (unpaired) electrons. The van der Waals surface area contributed by atoms with E-state index < -0.39 is 0 Å². The molecule has 58 heavy (non-hydrogen) atoms. The van der Waals surface area contributed by atoms with Gasteiger partial charge in [0.05, 0.1) is 16.6 Å². The van der Waals surface area contributed by atoms with Gasteiger partial charge in [-0.3, -0.25) is 4.98 Å². The van der Waals surface area contributed by atoms with E-state index in [4.69, 9.17) is 9.97 Å². The second kappa shape index (κ2) is 16.6. The maximum atomic E-state index is 11.1. The van der Waals surface area contributed by atoms with Crippen LogP contribution in [0.15, 0.2) is 182 Å². The molecule has 0 aliphatic carbocycles. The monoisotopic (exact) mass is 931 g/mol. The maximum Gasteiger partial charge on any atom is 0.144 e. The van der Waals surface area contributed by atoms with E-state index in [9.17, 15) is 5.11 Å². The molecule has 0 fully saturated rings. The molecule has 2 heterocycles. The molecular formula is C53H42N3OPt-. The van der Waals surface area contributed by atoms with Gasteiger partial charge in [0.25, 0.3) is 0 Å². The SMILES string of the molecule is CC(c1ccccc1)c1ccc(-c2ccnc(-c3[c-]c(-c4cc(-c5ccccc5)cc5c4nc(-c4ccccc4O)n5C(C)C)cc(-c4ccccc4)c3)c2)cc1.[Pt]. The molecule has 0 saturated carbocycles. The molecule has 1 unspecified atom stereocenters. The molecule has 0 bridgehead atoms. The molecule has 1 atom stereocenters. The minimum atomic E-state index is 0. The van der Waals surface area contributed by atoms with Gasteiger partial charge in [-0.15, -0.1) is 23.8 Å². The number of para-hydroxylation sites is 1. The van der Waals surface area contributed by atoms with Crippen molar-refractivity contribution in [2.45, 2.75) is 32.7 Å². The summed E-state index contributed by atoms with van der Waals surface area (Å²) in [5.74, 6) is 1.23. The van der Waals surface area contributed by atoms with Crippen LogP contribution in [-0.4, -0.2) is 19.6 Å². The van der Waals surface area contributed by atoms with Crippen molar-refractivity contribution >= 4 is 11.0 Å². The molecule has 0 aliphatic rings. The smallest absolute Gasteiger partial charge is 0.144 e. The van der Waals surface area contributed by atoms with Crippen LogP contribution in [0.2, 0.25) is 0 Å². The van der Waals surface area contributed by atoms with E-state index in [-0.39, 0.29) is 32.9 Å². The zero-order valence-electron chi connectivity index (χ0n) is 32.6.